The number of ether oxygens (including phenoxy) is 1. The average Bonchev–Trinajstić information content (AvgIpc) is 2.20. The molecule has 0 saturated heterocycles. The molecule has 1 heterocycles. The fraction of sp³-hybridized carbons (Fsp3) is 0.444. The van der Waals surface area contributed by atoms with E-state index in [1.807, 2.05) is 0 Å². The van der Waals surface area contributed by atoms with Crippen LogP contribution in [-0.2, 0) is 0 Å². The van der Waals surface area contributed by atoms with Gasteiger partial charge in [0, 0.05) is 18.4 Å². The van der Waals surface area contributed by atoms with Crippen LogP contribution < -0.4 is 4.74 Å². The first-order valence-electron chi connectivity index (χ1n) is 7.54. The van der Waals surface area contributed by atoms with Gasteiger partial charge < -0.3 is 4.74 Å². The minimum Gasteiger partial charge on any atom is -0.472 e. The highest BCUT2D eigenvalue weighted by Crippen LogP contribution is 2.17. The van der Waals surface area contributed by atoms with Gasteiger partial charge in [-0.2, -0.15) is 0 Å². The second-order valence-electron chi connectivity index (χ2n) is 2.08. The van der Waals surface area contributed by atoms with E-state index >= 15 is 0 Å². The van der Waals surface area contributed by atoms with E-state index in [-0.39, 0.29) is 4.60 Å². The predicted octanol–water partition coefficient (Wildman–Crippen LogP) is 3.02. The van der Waals surface area contributed by atoms with Crippen LogP contribution in [-0.4, -0.2) is 10.6 Å². The Morgan fingerprint density at radius 2 is 2.25 bits per heavy atom. The maximum Gasteiger partial charge on any atom is 0.214 e. The van der Waals surface area contributed by atoms with Gasteiger partial charge in [-0.25, -0.2) is 4.98 Å². The molecular weight excluding hydrogens is 218 g/mol. The van der Waals surface area contributed by atoms with Crippen molar-refractivity contribution in [2.75, 3.05) is 0 Å². The van der Waals surface area contributed by atoms with Crippen molar-refractivity contribution in [1.82, 2.24) is 4.98 Å². The van der Waals surface area contributed by atoms with E-state index in [2.05, 4.69) is 20.9 Å². The van der Waals surface area contributed by atoms with Crippen molar-refractivity contribution in [2.24, 2.45) is 0 Å². The van der Waals surface area contributed by atoms with Gasteiger partial charge in [0.05, 0.1) is 0 Å². The summed E-state index contributed by atoms with van der Waals surface area (Å²) in [7, 11) is 0. The topological polar surface area (TPSA) is 22.1 Å². The number of hydrogen-bond acceptors (Lipinski definition) is 2. The summed E-state index contributed by atoms with van der Waals surface area (Å²) >= 11 is 3.01. The minimum atomic E-state index is -3.42. The van der Waals surface area contributed by atoms with Crippen LogP contribution in [0.15, 0.2) is 22.8 Å². The SMILES string of the molecule is [2H]C([2H])([2H])C(Oc1cccc(Br)n1)(C([2H])([2H])[2H])C([2H])([2H])[2H]. The first kappa shape index (κ1) is 2.98. The Morgan fingerprint density at radius 1 is 1.50 bits per heavy atom. The molecule has 0 aliphatic rings. The van der Waals surface area contributed by atoms with Crippen LogP contribution in [0.3, 0.4) is 0 Å². The number of halogens is 1. The first-order chi connectivity index (χ1) is 9.22. The lowest BCUT2D eigenvalue weighted by Crippen LogP contribution is -2.23. The van der Waals surface area contributed by atoms with Crippen LogP contribution in [0, 0.1) is 0 Å². The van der Waals surface area contributed by atoms with Crippen LogP contribution in [0.4, 0.5) is 0 Å². The lowest BCUT2D eigenvalue weighted by molar-refractivity contribution is 0.124. The first-order valence-corrected chi connectivity index (χ1v) is 3.83. The highest BCUT2D eigenvalue weighted by Gasteiger charge is 2.12. The van der Waals surface area contributed by atoms with Gasteiger partial charge in [-0.3, -0.25) is 0 Å². The third-order valence-corrected chi connectivity index (χ3v) is 1.39. The van der Waals surface area contributed by atoms with Gasteiger partial charge in [0.2, 0.25) is 5.88 Å². The molecule has 12 heavy (non-hydrogen) atoms. The van der Waals surface area contributed by atoms with Gasteiger partial charge in [0.15, 0.2) is 0 Å². The highest BCUT2D eigenvalue weighted by atomic mass is 79.9. The molecule has 66 valence electrons. The van der Waals surface area contributed by atoms with Crippen LogP contribution in [0.25, 0.3) is 0 Å². The largest absolute Gasteiger partial charge is 0.472 e. The van der Waals surface area contributed by atoms with Gasteiger partial charge in [-0.05, 0) is 42.6 Å². The summed E-state index contributed by atoms with van der Waals surface area (Å²) in [6.07, 6.45) is 0. The van der Waals surface area contributed by atoms with E-state index in [1.54, 1.807) is 0 Å². The molecule has 0 aromatic carbocycles. The maximum absolute atomic E-state index is 7.40. The van der Waals surface area contributed by atoms with E-state index in [0.717, 1.165) is 0 Å². The minimum absolute atomic E-state index is 0.246. The Morgan fingerprint density at radius 3 is 2.83 bits per heavy atom. The molecule has 0 bridgehead atoms. The molecule has 0 fully saturated rings. The zero-order valence-corrected chi connectivity index (χ0v) is 7.55. The molecule has 0 aliphatic heterocycles. The van der Waals surface area contributed by atoms with Gasteiger partial charge in [0.25, 0.3) is 0 Å². The van der Waals surface area contributed by atoms with Crippen molar-refractivity contribution in [3.05, 3.63) is 22.8 Å². The normalized spacial score (nSPS) is 25.6. The van der Waals surface area contributed by atoms with Crippen molar-refractivity contribution in [3.63, 3.8) is 0 Å². The molecule has 2 nitrogen and oxygen atoms in total. The fourth-order valence-electron chi connectivity index (χ4n) is 0.603. The molecule has 0 radical (unpaired) electrons. The van der Waals surface area contributed by atoms with E-state index in [9.17, 15) is 0 Å². The molecule has 0 N–H and O–H groups in total. The predicted molar refractivity (Wildman–Crippen MR) is 52.3 cm³/mol. The third kappa shape index (κ3) is 3.22. The zero-order chi connectivity index (χ0) is 16.7. The Bertz CT molecular complexity index is 471. The highest BCUT2D eigenvalue weighted by molar-refractivity contribution is 9.10. The summed E-state index contributed by atoms with van der Waals surface area (Å²) in [5.41, 5.74) is -3.37. The molecule has 1 aromatic rings. The third-order valence-electron chi connectivity index (χ3n) is 0.947. The van der Waals surface area contributed by atoms with Crippen molar-refractivity contribution >= 4 is 15.9 Å². The Labute approximate surface area is 93.7 Å². The van der Waals surface area contributed by atoms with Gasteiger partial charge in [0.1, 0.15) is 10.2 Å². The standard InChI is InChI=1S/C9H12BrNO/c1-9(2,3)12-8-6-4-5-7(10)11-8/h4-6H,1-3H3/i1D3,2D3,3D3. The van der Waals surface area contributed by atoms with Gasteiger partial charge in [-0.15, -0.1) is 0 Å². The number of rotatable bonds is 1. The van der Waals surface area contributed by atoms with Crippen LogP contribution in [0.2, 0.25) is 0 Å². The molecule has 3 heteroatoms. The maximum atomic E-state index is 7.40. The van der Waals surface area contributed by atoms with Gasteiger partial charge >= 0.3 is 0 Å². The number of pyridine rings is 1. The Kier molecular flexibility index (Phi) is 0.853. The lowest BCUT2D eigenvalue weighted by atomic mass is 10.2. The number of nitrogens with zero attached hydrogens (tertiary/aromatic N) is 1. The molecule has 0 aliphatic carbocycles. The van der Waals surface area contributed by atoms with E-state index in [0.29, 0.717) is 0 Å². The second kappa shape index (κ2) is 3.44. The molecule has 0 spiro atoms. The Hall–Kier alpha value is -0.570. The summed E-state index contributed by atoms with van der Waals surface area (Å²) in [4.78, 5) is 3.74. The molecular formula is C9H12BrNO. The smallest absolute Gasteiger partial charge is 0.214 e. The quantitative estimate of drug-likeness (QED) is 0.703. The molecule has 0 unspecified atom stereocenters. The van der Waals surface area contributed by atoms with Crippen molar-refractivity contribution < 1.29 is 17.1 Å². The zero-order valence-electron chi connectivity index (χ0n) is 15.0. The van der Waals surface area contributed by atoms with Crippen LogP contribution in [0.1, 0.15) is 32.9 Å². The van der Waals surface area contributed by atoms with E-state index in [4.69, 9.17) is 17.1 Å². The molecule has 0 saturated carbocycles. The summed E-state index contributed by atoms with van der Waals surface area (Å²) in [5.74, 6) is -0.409. The average molecular weight is 239 g/mol. The molecule has 0 atom stereocenters. The Balaban J connectivity index is 3.52. The fourth-order valence-corrected chi connectivity index (χ4v) is 0.931. The molecule has 0 amide bonds. The second-order valence-corrected chi connectivity index (χ2v) is 2.89. The van der Waals surface area contributed by atoms with E-state index < -0.39 is 32.0 Å². The molecule has 1 rings (SSSR count). The molecule has 1 aromatic heterocycles. The van der Waals surface area contributed by atoms with Crippen LogP contribution in [0.5, 0.6) is 5.88 Å². The number of hydrogen-bond donors (Lipinski definition) is 0. The van der Waals surface area contributed by atoms with Gasteiger partial charge in [-0.1, -0.05) is 6.07 Å². The summed E-state index contributed by atoms with van der Waals surface area (Å²) < 4.78 is 71.8. The summed E-state index contributed by atoms with van der Waals surface area (Å²) in [5, 5.41) is 0. The monoisotopic (exact) mass is 238 g/mol. The van der Waals surface area contributed by atoms with Crippen molar-refractivity contribution in [3.8, 4) is 5.88 Å². The van der Waals surface area contributed by atoms with Crippen LogP contribution >= 0.6 is 15.9 Å². The van der Waals surface area contributed by atoms with Crippen molar-refractivity contribution in [1.29, 1.82) is 0 Å². The summed E-state index contributed by atoms with van der Waals surface area (Å²) in [6.45, 7) is -10.3. The van der Waals surface area contributed by atoms with Crippen molar-refractivity contribution in [2.45, 2.75) is 26.2 Å². The lowest BCUT2D eigenvalue weighted by Gasteiger charge is -2.20. The summed E-state index contributed by atoms with van der Waals surface area (Å²) in [6, 6.07) is 4.09. The number of aromatic nitrogens is 1. The van der Waals surface area contributed by atoms with E-state index in [1.165, 1.54) is 18.2 Å².